The third kappa shape index (κ3) is 6.25. The Morgan fingerprint density at radius 1 is 1.19 bits per heavy atom. The van der Waals surface area contributed by atoms with Gasteiger partial charge in [-0.1, -0.05) is 22.9 Å². The number of nitrogens with one attached hydrogen (secondary N) is 1. The molecule has 2 aromatic carbocycles. The van der Waals surface area contributed by atoms with Crippen molar-refractivity contribution in [1.82, 2.24) is 0 Å². The molecule has 2 aromatic rings. The molecule has 0 aliphatic heterocycles. The van der Waals surface area contributed by atoms with Gasteiger partial charge in [0.25, 0.3) is 5.91 Å². The number of ether oxygens (including phenoxy) is 2. The first-order valence-electron chi connectivity index (χ1n) is 8.04. The molecule has 8 heteroatoms. The van der Waals surface area contributed by atoms with Crippen LogP contribution in [-0.2, 0) is 9.63 Å². The van der Waals surface area contributed by atoms with Crippen LogP contribution in [0.4, 0.5) is 14.5 Å². The van der Waals surface area contributed by atoms with Crippen molar-refractivity contribution in [3.05, 3.63) is 53.1 Å². The lowest BCUT2D eigenvalue weighted by molar-refractivity contribution is -0.120. The summed E-state index contributed by atoms with van der Waals surface area (Å²) >= 11 is 0. The van der Waals surface area contributed by atoms with Crippen LogP contribution in [0, 0.1) is 13.8 Å². The zero-order chi connectivity index (χ0) is 19.8. The number of amides is 1. The summed E-state index contributed by atoms with van der Waals surface area (Å²) < 4.78 is 33.9. The van der Waals surface area contributed by atoms with Gasteiger partial charge in [0.2, 0.25) is 0 Å². The highest BCUT2D eigenvalue weighted by atomic mass is 19.3. The molecule has 0 heterocycles. The fraction of sp³-hybridized carbons (Fsp3) is 0.263. The van der Waals surface area contributed by atoms with E-state index in [1.165, 1.54) is 31.5 Å². The molecule has 0 aromatic heterocycles. The largest absolute Gasteiger partial charge is 0.493 e. The van der Waals surface area contributed by atoms with Gasteiger partial charge in [0.05, 0.1) is 13.3 Å². The number of rotatable bonds is 8. The Hall–Kier alpha value is -3.16. The lowest BCUT2D eigenvalue weighted by Gasteiger charge is -2.10. The number of nitrogens with zero attached hydrogens (tertiary/aromatic N) is 1. The third-order valence-corrected chi connectivity index (χ3v) is 3.53. The maximum atomic E-state index is 12.3. The fourth-order valence-corrected chi connectivity index (χ4v) is 2.29. The molecule has 0 spiro atoms. The number of hydrogen-bond acceptors (Lipinski definition) is 5. The van der Waals surface area contributed by atoms with Crippen molar-refractivity contribution < 1.29 is 27.9 Å². The molecular weight excluding hydrogens is 358 g/mol. The van der Waals surface area contributed by atoms with Crippen molar-refractivity contribution in [1.29, 1.82) is 0 Å². The predicted molar refractivity (Wildman–Crippen MR) is 97.7 cm³/mol. The van der Waals surface area contributed by atoms with E-state index in [1.54, 1.807) is 0 Å². The van der Waals surface area contributed by atoms with Gasteiger partial charge < -0.3 is 19.6 Å². The number of methoxy groups -OCH3 is 1. The van der Waals surface area contributed by atoms with E-state index in [0.29, 0.717) is 11.3 Å². The molecule has 0 fully saturated rings. The summed E-state index contributed by atoms with van der Waals surface area (Å²) in [4.78, 5) is 16.9. The van der Waals surface area contributed by atoms with Gasteiger partial charge in [0, 0.05) is 11.3 Å². The SMILES string of the molecule is COc1cc(/C=N/OCC(=O)Nc2ccc(C)cc2C)ccc1OC(F)F. The van der Waals surface area contributed by atoms with Gasteiger partial charge >= 0.3 is 6.61 Å². The number of benzene rings is 2. The van der Waals surface area contributed by atoms with Crippen LogP contribution in [0.15, 0.2) is 41.6 Å². The van der Waals surface area contributed by atoms with Gasteiger partial charge in [-0.25, -0.2) is 0 Å². The second-order valence-electron chi connectivity index (χ2n) is 5.66. The molecule has 0 aliphatic carbocycles. The Labute approximate surface area is 155 Å². The molecule has 27 heavy (non-hydrogen) atoms. The Kier molecular flexibility index (Phi) is 7.10. The lowest BCUT2D eigenvalue weighted by Crippen LogP contribution is -2.17. The molecule has 0 saturated carbocycles. The molecule has 0 saturated heterocycles. The molecule has 2 rings (SSSR count). The molecule has 1 N–H and O–H groups in total. The summed E-state index contributed by atoms with van der Waals surface area (Å²) in [5.41, 5.74) is 3.29. The number of oxime groups is 1. The summed E-state index contributed by atoms with van der Waals surface area (Å²) in [6.45, 7) is 0.652. The van der Waals surface area contributed by atoms with Crippen LogP contribution in [0.3, 0.4) is 0 Å². The zero-order valence-electron chi connectivity index (χ0n) is 15.2. The Morgan fingerprint density at radius 2 is 1.96 bits per heavy atom. The van der Waals surface area contributed by atoms with Crippen molar-refractivity contribution in [2.24, 2.45) is 5.16 Å². The second kappa shape index (κ2) is 9.51. The average Bonchev–Trinajstić information content (AvgIpc) is 2.61. The maximum Gasteiger partial charge on any atom is 0.387 e. The lowest BCUT2D eigenvalue weighted by atomic mass is 10.1. The third-order valence-electron chi connectivity index (χ3n) is 3.53. The van der Waals surface area contributed by atoms with Gasteiger partial charge in [0.15, 0.2) is 18.1 Å². The minimum Gasteiger partial charge on any atom is -0.493 e. The van der Waals surface area contributed by atoms with E-state index in [9.17, 15) is 13.6 Å². The van der Waals surface area contributed by atoms with Gasteiger partial charge in [-0.15, -0.1) is 0 Å². The number of alkyl halides is 2. The molecule has 1 amide bonds. The van der Waals surface area contributed by atoms with Gasteiger partial charge in [-0.3, -0.25) is 4.79 Å². The average molecular weight is 378 g/mol. The smallest absolute Gasteiger partial charge is 0.387 e. The number of aryl methyl sites for hydroxylation is 2. The summed E-state index contributed by atoms with van der Waals surface area (Å²) in [7, 11) is 1.34. The summed E-state index contributed by atoms with van der Waals surface area (Å²) in [6, 6.07) is 9.98. The van der Waals surface area contributed by atoms with Crippen molar-refractivity contribution in [3.63, 3.8) is 0 Å². The molecular formula is C19H20F2N2O4. The van der Waals surface area contributed by atoms with Crippen LogP contribution in [0.25, 0.3) is 0 Å². The van der Waals surface area contributed by atoms with E-state index < -0.39 is 6.61 Å². The summed E-state index contributed by atoms with van der Waals surface area (Å²) in [5, 5.41) is 6.43. The van der Waals surface area contributed by atoms with E-state index in [2.05, 4.69) is 15.2 Å². The quantitative estimate of drug-likeness (QED) is 0.559. The van der Waals surface area contributed by atoms with Gasteiger partial charge in [-0.2, -0.15) is 8.78 Å². The molecule has 0 atom stereocenters. The zero-order valence-corrected chi connectivity index (χ0v) is 15.2. The van der Waals surface area contributed by atoms with Crippen LogP contribution in [0.1, 0.15) is 16.7 Å². The van der Waals surface area contributed by atoms with Crippen LogP contribution in [-0.4, -0.2) is 32.4 Å². The number of carbonyl (C=O) groups excluding carboxylic acids is 1. The highest BCUT2D eigenvalue weighted by Crippen LogP contribution is 2.28. The number of carbonyl (C=O) groups is 1. The van der Waals surface area contributed by atoms with Crippen LogP contribution < -0.4 is 14.8 Å². The highest BCUT2D eigenvalue weighted by Gasteiger charge is 2.10. The highest BCUT2D eigenvalue weighted by molar-refractivity contribution is 5.92. The van der Waals surface area contributed by atoms with Crippen LogP contribution in [0.2, 0.25) is 0 Å². The topological polar surface area (TPSA) is 69.2 Å². The number of hydrogen-bond donors (Lipinski definition) is 1. The maximum absolute atomic E-state index is 12.3. The van der Waals surface area contributed by atoms with E-state index in [1.807, 2.05) is 32.0 Å². The second-order valence-corrected chi connectivity index (χ2v) is 5.66. The number of anilines is 1. The van der Waals surface area contributed by atoms with Gasteiger partial charge in [0.1, 0.15) is 0 Å². The normalized spacial score (nSPS) is 10.9. The Balaban J connectivity index is 1.88. The van der Waals surface area contributed by atoms with Crippen molar-refractivity contribution >= 4 is 17.8 Å². The van der Waals surface area contributed by atoms with Crippen LogP contribution in [0.5, 0.6) is 11.5 Å². The van der Waals surface area contributed by atoms with Crippen molar-refractivity contribution in [3.8, 4) is 11.5 Å². The molecule has 144 valence electrons. The first-order chi connectivity index (χ1) is 12.9. The summed E-state index contributed by atoms with van der Waals surface area (Å²) in [5.74, 6) is -0.303. The van der Waals surface area contributed by atoms with Crippen LogP contribution >= 0.6 is 0 Å². The molecule has 6 nitrogen and oxygen atoms in total. The minimum atomic E-state index is -2.95. The van der Waals surface area contributed by atoms with E-state index in [4.69, 9.17) is 9.57 Å². The minimum absolute atomic E-state index is 0.0848. The molecule has 0 radical (unpaired) electrons. The predicted octanol–water partition coefficient (Wildman–Crippen LogP) is 3.90. The van der Waals surface area contributed by atoms with Gasteiger partial charge in [-0.05, 0) is 43.7 Å². The standard InChI is InChI=1S/C19H20F2N2O4/c1-12-4-6-15(13(2)8-12)23-18(24)11-26-22-10-14-5-7-16(27-19(20)21)17(9-14)25-3/h4-10,19H,11H2,1-3H3,(H,23,24)/b22-10+. The summed E-state index contributed by atoms with van der Waals surface area (Å²) in [6.07, 6.45) is 1.33. The monoisotopic (exact) mass is 378 g/mol. The fourth-order valence-electron chi connectivity index (χ4n) is 2.29. The molecule has 0 bridgehead atoms. The van der Waals surface area contributed by atoms with E-state index in [-0.39, 0.29) is 24.0 Å². The van der Waals surface area contributed by atoms with Crippen molar-refractivity contribution in [2.75, 3.05) is 19.0 Å². The Morgan fingerprint density at radius 3 is 2.63 bits per heavy atom. The first-order valence-corrected chi connectivity index (χ1v) is 8.04. The number of halogens is 2. The van der Waals surface area contributed by atoms with Crippen molar-refractivity contribution in [2.45, 2.75) is 20.5 Å². The van der Waals surface area contributed by atoms with E-state index in [0.717, 1.165) is 11.1 Å². The van der Waals surface area contributed by atoms with E-state index >= 15 is 0 Å². The molecule has 0 unspecified atom stereocenters. The molecule has 0 aliphatic rings. The first kappa shape index (κ1) is 20.2. The Bertz CT molecular complexity index is 825.